The van der Waals surface area contributed by atoms with Gasteiger partial charge in [-0.3, -0.25) is 4.79 Å². The second kappa shape index (κ2) is 7.79. The van der Waals surface area contributed by atoms with Gasteiger partial charge >= 0.3 is 5.97 Å². The third-order valence-electron chi connectivity index (χ3n) is 7.28. The molecule has 0 atom stereocenters. The Kier molecular flexibility index (Phi) is 5.46. The molecule has 4 heteroatoms. The molecule has 2 fully saturated rings. The third-order valence-corrected chi connectivity index (χ3v) is 7.28. The van der Waals surface area contributed by atoms with Crippen LogP contribution in [0.5, 0.6) is 5.75 Å². The van der Waals surface area contributed by atoms with E-state index in [0.717, 1.165) is 53.8 Å². The fourth-order valence-electron chi connectivity index (χ4n) is 4.90. The molecule has 4 rings (SSSR count). The van der Waals surface area contributed by atoms with Crippen LogP contribution in [-0.4, -0.2) is 30.8 Å². The number of carbonyl (C=O) groups is 1. The zero-order valence-corrected chi connectivity index (χ0v) is 18.8. The Morgan fingerprint density at radius 3 is 2.30 bits per heavy atom. The Balaban J connectivity index is 1.40. The van der Waals surface area contributed by atoms with Crippen molar-refractivity contribution < 1.29 is 14.6 Å². The van der Waals surface area contributed by atoms with Crippen molar-refractivity contribution in [3.05, 3.63) is 36.4 Å². The van der Waals surface area contributed by atoms with Crippen LogP contribution in [-0.2, 0) is 4.79 Å². The number of rotatable bonds is 6. The summed E-state index contributed by atoms with van der Waals surface area (Å²) in [7, 11) is 1.98. The SMILES string of the molecule is CN(CC1(C(=O)O)CC1)c1ccc2cc(OC3CCC(C(C)(C)C)CC3)ccc2c1. The highest BCUT2D eigenvalue weighted by atomic mass is 16.5. The molecule has 0 aliphatic heterocycles. The monoisotopic (exact) mass is 409 g/mol. The topological polar surface area (TPSA) is 49.8 Å². The second-order valence-corrected chi connectivity index (χ2v) is 10.6. The number of aliphatic carboxylic acids is 1. The number of anilines is 1. The summed E-state index contributed by atoms with van der Waals surface area (Å²) >= 11 is 0. The minimum Gasteiger partial charge on any atom is -0.490 e. The van der Waals surface area contributed by atoms with Crippen LogP contribution in [0.4, 0.5) is 5.69 Å². The number of nitrogens with zero attached hydrogens (tertiary/aromatic N) is 1. The molecule has 2 saturated carbocycles. The van der Waals surface area contributed by atoms with Crippen LogP contribution in [0, 0.1) is 16.7 Å². The molecule has 30 heavy (non-hydrogen) atoms. The van der Waals surface area contributed by atoms with E-state index in [4.69, 9.17) is 4.74 Å². The standard InChI is InChI=1S/C26H35NO3/c1-25(2,3)20-7-11-22(12-8-20)30-23-10-6-18-15-21(9-5-19(18)16-23)27(4)17-26(13-14-26)24(28)29/h5-6,9-10,15-16,20,22H,7-8,11-14,17H2,1-4H3,(H,28,29). The van der Waals surface area contributed by atoms with Crippen LogP contribution >= 0.6 is 0 Å². The Morgan fingerprint density at radius 2 is 1.70 bits per heavy atom. The molecule has 162 valence electrons. The maximum Gasteiger partial charge on any atom is 0.311 e. The molecule has 0 unspecified atom stereocenters. The Hall–Kier alpha value is -2.23. The quantitative estimate of drug-likeness (QED) is 0.624. The van der Waals surface area contributed by atoms with Crippen molar-refractivity contribution in [3.63, 3.8) is 0 Å². The van der Waals surface area contributed by atoms with Gasteiger partial charge in [0.1, 0.15) is 5.75 Å². The molecular formula is C26H35NO3. The Labute approximate surface area is 180 Å². The van der Waals surface area contributed by atoms with Crippen molar-refractivity contribution in [3.8, 4) is 5.75 Å². The maximum absolute atomic E-state index is 11.5. The highest BCUT2D eigenvalue weighted by Crippen LogP contribution is 2.47. The van der Waals surface area contributed by atoms with Gasteiger partial charge < -0.3 is 14.7 Å². The molecule has 2 aromatic rings. The van der Waals surface area contributed by atoms with Gasteiger partial charge in [-0.2, -0.15) is 0 Å². The second-order valence-electron chi connectivity index (χ2n) is 10.6. The summed E-state index contributed by atoms with van der Waals surface area (Å²) in [4.78, 5) is 13.6. The zero-order valence-electron chi connectivity index (χ0n) is 18.8. The van der Waals surface area contributed by atoms with E-state index in [1.165, 1.54) is 12.8 Å². The average Bonchev–Trinajstić information content (AvgIpc) is 3.48. The van der Waals surface area contributed by atoms with E-state index in [-0.39, 0.29) is 0 Å². The van der Waals surface area contributed by atoms with Gasteiger partial charge in [0, 0.05) is 19.3 Å². The Bertz CT molecular complexity index is 918. The van der Waals surface area contributed by atoms with Crippen LogP contribution in [0.1, 0.15) is 59.3 Å². The minimum atomic E-state index is -0.673. The first kappa shape index (κ1) is 21.0. The molecule has 2 aromatic carbocycles. The first-order chi connectivity index (χ1) is 14.2. The van der Waals surface area contributed by atoms with Gasteiger partial charge in [-0.1, -0.05) is 32.9 Å². The average molecular weight is 410 g/mol. The van der Waals surface area contributed by atoms with E-state index >= 15 is 0 Å². The predicted molar refractivity (Wildman–Crippen MR) is 122 cm³/mol. The van der Waals surface area contributed by atoms with Gasteiger partial charge in [0.2, 0.25) is 0 Å². The van der Waals surface area contributed by atoms with Gasteiger partial charge in [-0.05, 0) is 84.9 Å². The summed E-state index contributed by atoms with van der Waals surface area (Å²) < 4.78 is 6.33. The molecule has 0 radical (unpaired) electrons. The lowest BCUT2D eigenvalue weighted by atomic mass is 9.72. The summed E-state index contributed by atoms with van der Waals surface area (Å²) in [6.45, 7) is 7.60. The van der Waals surface area contributed by atoms with E-state index in [1.54, 1.807) is 0 Å². The minimum absolute atomic E-state index is 0.317. The number of carboxylic acid groups (broad SMARTS) is 1. The predicted octanol–water partition coefficient (Wildman–Crippen LogP) is 6.12. The lowest BCUT2D eigenvalue weighted by molar-refractivity contribution is -0.142. The van der Waals surface area contributed by atoms with E-state index < -0.39 is 11.4 Å². The van der Waals surface area contributed by atoms with Crippen molar-refractivity contribution in [1.29, 1.82) is 0 Å². The number of benzene rings is 2. The van der Waals surface area contributed by atoms with Crippen LogP contribution in [0.3, 0.4) is 0 Å². The summed E-state index contributed by atoms with van der Waals surface area (Å²) in [6, 6.07) is 12.7. The van der Waals surface area contributed by atoms with Crippen molar-refractivity contribution >= 4 is 22.4 Å². The van der Waals surface area contributed by atoms with Crippen molar-refractivity contribution in [1.82, 2.24) is 0 Å². The number of carboxylic acids is 1. The lowest BCUT2D eigenvalue weighted by Gasteiger charge is -2.37. The molecule has 0 aromatic heterocycles. The number of hydrogen-bond acceptors (Lipinski definition) is 3. The first-order valence-corrected chi connectivity index (χ1v) is 11.3. The van der Waals surface area contributed by atoms with Gasteiger partial charge in [0.25, 0.3) is 0 Å². The number of hydrogen-bond donors (Lipinski definition) is 1. The van der Waals surface area contributed by atoms with Gasteiger partial charge in [0.05, 0.1) is 11.5 Å². The van der Waals surface area contributed by atoms with Crippen LogP contribution in [0.2, 0.25) is 0 Å². The molecule has 0 bridgehead atoms. The van der Waals surface area contributed by atoms with Crippen molar-refractivity contribution in [2.24, 2.45) is 16.7 Å². The molecule has 2 aliphatic carbocycles. The van der Waals surface area contributed by atoms with Gasteiger partial charge in [-0.25, -0.2) is 0 Å². The molecule has 0 saturated heterocycles. The van der Waals surface area contributed by atoms with E-state index in [2.05, 4.69) is 62.1 Å². The lowest BCUT2D eigenvalue weighted by Crippen LogP contribution is -2.31. The summed E-state index contributed by atoms with van der Waals surface area (Å²) in [5.41, 5.74) is 0.902. The van der Waals surface area contributed by atoms with E-state index in [9.17, 15) is 9.90 Å². The third kappa shape index (κ3) is 4.43. The highest BCUT2D eigenvalue weighted by Gasteiger charge is 2.50. The maximum atomic E-state index is 11.5. The zero-order chi connectivity index (χ0) is 21.5. The largest absolute Gasteiger partial charge is 0.490 e. The fourth-order valence-corrected chi connectivity index (χ4v) is 4.90. The fraction of sp³-hybridized carbons (Fsp3) is 0.577. The van der Waals surface area contributed by atoms with Gasteiger partial charge in [-0.15, -0.1) is 0 Å². The van der Waals surface area contributed by atoms with Crippen molar-refractivity contribution in [2.45, 2.75) is 65.4 Å². The molecule has 0 heterocycles. The van der Waals surface area contributed by atoms with Crippen LogP contribution in [0.15, 0.2) is 36.4 Å². The normalized spacial score (nSPS) is 23.2. The van der Waals surface area contributed by atoms with E-state index in [0.29, 0.717) is 18.1 Å². The summed E-state index contributed by atoms with van der Waals surface area (Å²) in [5, 5.41) is 11.8. The summed E-state index contributed by atoms with van der Waals surface area (Å²) in [6.07, 6.45) is 6.63. The molecule has 0 spiro atoms. The van der Waals surface area contributed by atoms with Crippen LogP contribution < -0.4 is 9.64 Å². The Morgan fingerprint density at radius 1 is 1.07 bits per heavy atom. The van der Waals surface area contributed by atoms with Gasteiger partial charge in [0.15, 0.2) is 0 Å². The van der Waals surface area contributed by atoms with E-state index in [1.807, 2.05) is 7.05 Å². The molecule has 2 aliphatic rings. The highest BCUT2D eigenvalue weighted by molar-refractivity contribution is 5.87. The number of fused-ring (bicyclic) bond motifs is 1. The molecule has 4 nitrogen and oxygen atoms in total. The van der Waals surface area contributed by atoms with Crippen LogP contribution in [0.25, 0.3) is 10.8 Å². The van der Waals surface area contributed by atoms with Crippen molar-refractivity contribution in [2.75, 3.05) is 18.5 Å². The number of ether oxygens (including phenoxy) is 1. The smallest absolute Gasteiger partial charge is 0.311 e. The summed E-state index contributed by atoms with van der Waals surface area (Å²) in [5.74, 6) is 1.07. The molecule has 0 amide bonds. The first-order valence-electron chi connectivity index (χ1n) is 11.3. The molecular weight excluding hydrogens is 374 g/mol. The molecule has 1 N–H and O–H groups in total.